The molecule has 1 saturated carbocycles. The van der Waals surface area contributed by atoms with Gasteiger partial charge >= 0.3 is 0 Å². The summed E-state index contributed by atoms with van der Waals surface area (Å²) >= 11 is 0. The number of hydrogen-bond acceptors (Lipinski definition) is 2. The van der Waals surface area contributed by atoms with E-state index < -0.39 is 0 Å². The van der Waals surface area contributed by atoms with Crippen LogP contribution in [0.25, 0.3) is 0 Å². The van der Waals surface area contributed by atoms with Crippen molar-refractivity contribution in [1.29, 1.82) is 0 Å². The van der Waals surface area contributed by atoms with Crippen molar-refractivity contribution < 1.29 is 9.84 Å². The van der Waals surface area contributed by atoms with Gasteiger partial charge in [-0.2, -0.15) is 0 Å². The first-order chi connectivity index (χ1) is 5.32. The van der Waals surface area contributed by atoms with Crippen molar-refractivity contribution in [2.24, 2.45) is 5.41 Å². The van der Waals surface area contributed by atoms with E-state index in [0.717, 1.165) is 0 Å². The van der Waals surface area contributed by atoms with Crippen LogP contribution in [0.15, 0.2) is 0 Å². The van der Waals surface area contributed by atoms with Gasteiger partial charge < -0.3 is 9.84 Å². The number of hydrogen-bond donors (Lipinski definition) is 1. The third-order valence-corrected chi connectivity index (χ3v) is 3.42. The molecule has 0 aromatic carbocycles. The average Bonchev–Trinajstić information content (AvgIpc) is 2.67. The van der Waals surface area contributed by atoms with Gasteiger partial charge in [0.15, 0.2) is 0 Å². The molecule has 1 aliphatic heterocycles. The molecule has 0 amide bonds. The summed E-state index contributed by atoms with van der Waals surface area (Å²) in [5.74, 6) is 0. The molecule has 2 nitrogen and oxygen atoms in total. The van der Waals surface area contributed by atoms with E-state index in [9.17, 15) is 0 Å². The summed E-state index contributed by atoms with van der Waals surface area (Å²) in [4.78, 5) is 0. The van der Waals surface area contributed by atoms with E-state index in [4.69, 9.17) is 9.84 Å². The minimum absolute atomic E-state index is 0.176. The summed E-state index contributed by atoms with van der Waals surface area (Å²) in [6.07, 6.45) is 5.76. The van der Waals surface area contributed by atoms with Crippen molar-refractivity contribution in [2.45, 2.75) is 44.8 Å². The zero-order valence-electron chi connectivity index (χ0n) is 7.05. The van der Waals surface area contributed by atoms with Crippen LogP contribution in [0.1, 0.15) is 32.6 Å². The second kappa shape index (κ2) is 2.46. The standard InChI is InChI=1S/C9H16O2/c1-2-9(4-3-5-9)8-7(6-10)11-8/h7-8,10H,2-6H2,1H3/t7-,8+/m1/s1. The van der Waals surface area contributed by atoms with Gasteiger partial charge in [0.25, 0.3) is 0 Å². The average molecular weight is 156 g/mol. The summed E-state index contributed by atoms with van der Waals surface area (Å²) in [7, 11) is 0. The largest absolute Gasteiger partial charge is 0.394 e. The second-order valence-corrected chi connectivity index (χ2v) is 3.85. The molecule has 2 aliphatic rings. The van der Waals surface area contributed by atoms with Gasteiger partial charge in [-0.15, -0.1) is 0 Å². The molecule has 1 saturated heterocycles. The van der Waals surface area contributed by atoms with Gasteiger partial charge in [-0.25, -0.2) is 0 Å². The fourth-order valence-electron chi connectivity index (χ4n) is 2.29. The number of rotatable bonds is 3. The molecule has 11 heavy (non-hydrogen) atoms. The number of aliphatic hydroxyl groups is 1. The second-order valence-electron chi connectivity index (χ2n) is 3.85. The van der Waals surface area contributed by atoms with Gasteiger partial charge in [-0.05, 0) is 24.7 Å². The van der Waals surface area contributed by atoms with E-state index in [1.807, 2.05) is 0 Å². The van der Waals surface area contributed by atoms with Crippen LogP contribution < -0.4 is 0 Å². The Labute approximate surface area is 67.6 Å². The fraction of sp³-hybridized carbons (Fsp3) is 1.00. The van der Waals surface area contributed by atoms with E-state index in [1.54, 1.807) is 0 Å². The van der Waals surface area contributed by atoms with Gasteiger partial charge in [0.1, 0.15) is 6.10 Å². The normalized spacial score (nSPS) is 39.8. The van der Waals surface area contributed by atoms with Crippen LogP contribution in [-0.4, -0.2) is 23.9 Å². The van der Waals surface area contributed by atoms with Gasteiger partial charge in [0.2, 0.25) is 0 Å². The van der Waals surface area contributed by atoms with Crippen LogP contribution in [0.5, 0.6) is 0 Å². The molecular weight excluding hydrogens is 140 g/mol. The van der Waals surface area contributed by atoms with E-state index >= 15 is 0 Å². The molecule has 1 aliphatic carbocycles. The molecule has 2 fully saturated rings. The Morgan fingerprint density at radius 3 is 2.55 bits per heavy atom. The maximum Gasteiger partial charge on any atom is 0.108 e. The van der Waals surface area contributed by atoms with E-state index in [1.165, 1.54) is 25.7 Å². The molecule has 1 N–H and O–H groups in total. The molecule has 2 atom stereocenters. The Balaban J connectivity index is 1.93. The molecule has 0 radical (unpaired) electrons. The van der Waals surface area contributed by atoms with Crippen molar-refractivity contribution in [3.63, 3.8) is 0 Å². The highest BCUT2D eigenvalue weighted by atomic mass is 16.6. The molecule has 64 valence electrons. The number of ether oxygens (including phenoxy) is 1. The van der Waals surface area contributed by atoms with E-state index in [2.05, 4.69) is 6.92 Å². The summed E-state index contributed by atoms with van der Waals surface area (Å²) in [5.41, 5.74) is 0.466. The Hall–Kier alpha value is -0.0800. The fourth-order valence-corrected chi connectivity index (χ4v) is 2.29. The molecule has 0 spiro atoms. The maximum atomic E-state index is 8.83. The Bertz CT molecular complexity index is 146. The van der Waals surface area contributed by atoms with Crippen molar-refractivity contribution in [1.82, 2.24) is 0 Å². The minimum Gasteiger partial charge on any atom is -0.394 e. The molecule has 0 bridgehead atoms. The third kappa shape index (κ3) is 1.00. The van der Waals surface area contributed by atoms with Crippen LogP contribution in [0.2, 0.25) is 0 Å². The predicted octanol–water partition coefficient (Wildman–Crippen LogP) is 1.33. The van der Waals surface area contributed by atoms with Crippen LogP contribution >= 0.6 is 0 Å². The quantitative estimate of drug-likeness (QED) is 0.625. The Morgan fingerprint density at radius 1 is 1.55 bits per heavy atom. The van der Waals surface area contributed by atoms with Crippen molar-refractivity contribution in [3.8, 4) is 0 Å². The first-order valence-electron chi connectivity index (χ1n) is 4.59. The molecule has 1 heterocycles. The molecule has 0 aromatic rings. The van der Waals surface area contributed by atoms with Crippen molar-refractivity contribution in [3.05, 3.63) is 0 Å². The van der Waals surface area contributed by atoms with E-state index in [-0.39, 0.29) is 12.7 Å². The highest BCUT2D eigenvalue weighted by molar-refractivity contribution is 5.03. The number of aliphatic hydroxyl groups excluding tert-OH is 1. The molecule has 2 heteroatoms. The monoisotopic (exact) mass is 156 g/mol. The van der Waals surface area contributed by atoms with Crippen LogP contribution in [-0.2, 0) is 4.74 Å². The zero-order chi connectivity index (χ0) is 7.90. The van der Waals surface area contributed by atoms with Gasteiger partial charge in [-0.1, -0.05) is 13.3 Å². The SMILES string of the molecule is CCC1([C@H]2O[C@@H]2CO)CCC1. The first kappa shape index (κ1) is 7.56. The lowest BCUT2D eigenvalue weighted by atomic mass is 9.64. The first-order valence-corrected chi connectivity index (χ1v) is 4.59. The number of epoxide rings is 1. The van der Waals surface area contributed by atoms with Gasteiger partial charge in [0, 0.05) is 0 Å². The minimum atomic E-state index is 0.176. The molecular formula is C9H16O2. The van der Waals surface area contributed by atoms with Crippen molar-refractivity contribution in [2.75, 3.05) is 6.61 Å². The van der Waals surface area contributed by atoms with Crippen molar-refractivity contribution >= 4 is 0 Å². The Morgan fingerprint density at radius 2 is 2.27 bits per heavy atom. The summed E-state index contributed by atoms with van der Waals surface area (Å²) in [5, 5.41) is 8.83. The summed E-state index contributed by atoms with van der Waals surface area (Å²) in [6.45, 7) is 2.45. The van der Waals surface area contributed by atoms with Gasteiger partial charge in [0.05, 0.1) is 12.7 Å². The van der Waals surface area contributed by atoms with Gasteiger partial charge in [-0.3, -0.25) is 0 Å². The molecule has 0 aromatic heterocycles. The Kier molecular flexibility index (Phi) is 1.69. The highest BCUT2D eigenvalue weighted by Gasteiger charge is 2.55. The highest BCUT2D eigenvalue weighted by Crippen LogP contribution is 2.54. The lowest BCUT2D eigenvalue weighted by Gasteiger charge is -2.40. The predicted molar refractivity (Wildman–Crippen MR) is 42.3 cm³/mol. The van der Waals surface area contributed by atoms with Crippen LogP contribution in [0, 0.1) is 5.41 Å². The summed E-state index contributed by atoms with van der Waals surface area (Å²) in [6, 6.07) is 0. The third-order valence-electron chi connectivity index (χ3n) is 3.42. The van der Waals surface area contributed by atoms with E-state index in [0.29, 0.717) is 11.5 Å². The maximum absolute atomic E-state index is 8.83. The van der Waals surface area contributed by atoms with Crippen LogP contribution in [0.4, 0.5) is 0 Å². The molecule has 2 rings (SSSR count). The lowest BCUT2D eigenvalue weighted by molar-refractivity contribution is 0.0812. The topological polar surface area (TPSA) is 32.8 Å². The van der Waals surface area contributed by atoms with Crippen LogP contribution in [0.3, 0.4) is 0 Å². The molecule has 0 unspecified atom stereocenters. The lowest BCUT2D eigenvalue weighted by Crippen LogP contribution is -2.35. The summed E-state index contributed by atoms with van der Waals surface area (Å²) < 4.78 is 5.41. The smallest absolute Gasteiger partial charge is 0.108 e. The zero-order valence-corrected chi connectivity index (χ0v) is 7.05.